The van der Waals surface area contributed by atoms with E-state index in [1.807, 2.05) is 0 Å². The molecule has 0 aliphatic heterocycles. The molecule has 0 bridgehead atoms. The molecule has 0 saturated carbocycles. The van der Waals surface area contributed by atoms with Crippen LogP contribution in [0.25, 0.3) is 0 Å². The maximum atomic E-state index is 10.5. The number of carboxylic acids is 4. The molecule has 20 heavy (non-hydrogen) atoms. The van der Waals surface area contributed by atoms with Gasteiger partial charge in [0, 0.05) is 0 Å². The van der Waals surface area contributed by atoms with Gasteiger partial charge in [-0.2, -0.15) is 0 Å². The van der Waals surface area contributed by atoms with E-state index in [9.17, 15) is 19.2 Å². The van der Waals surface area contributed by atoms with Crippen LogP contribution in [0.3, 0.4) is 0 Å². The van der Waals surface area contributed by atoms with Crippen molar-refractivity contribution in [3.8, 4) is 0 Å². The third kappa shape index (κ3) is 6.11. The average molecular weight is 294 g/mol. The maximum absolute atomic E-state index is 10.5. The Labute approximate surface area is 112 Å². The standard InChI is InChI=1S/C10H14O10/c1-4(20-6(9(15)16)10(17)18)2-3-19-5(7(11)12)8(13)14/h4-6H,2-3H2,1H3,(H,11,12)(H,13,14)(H,15,16)(H,17,18). The topological polar surface area (TPSA) is 168 Å². The van der Waals surface area contributed by atoms with Gasteiger partial charge < -0.3 is 29.9 Å². The molecule has 10 nitrogen and oxygen atoms in total. The molecule has 0 aliphatic rings. The van der Waals surface area contributed by atoms with Gasteiger partial charge >= 0.3 is 23.9 Å². The van der Waals surface area contributed by atoms with Crippen molar-refractivity contribution in [3.63, 3.8) is 0 Å². The first-order chi connectivity index (χ1) is 9.16. The first-order valence-corrected chi connectivity index (χ1v) is 5.35. The first-order valence-electron chi connectivity index (χ1n) is 5.35. The predicted octanol–water partition coefficient (Wildman–Crippen LogP) is -1.13. The van der Waals surface area contributed by atoms with Crippen LogP contribution in [0.4, 0.5) is 0 Å². The Balaban J connectivity index is 4.25. The number of hydrogen-bond donors (Lipinski definition) is 4. The summed E-state index contributed by atoms with van der Waals surface area (Å²) in [5.41, 5.74) is 0. The molecule has 0 spiro atoms. The third-order valence-electron chi connectivity index (χ3n) is 2.07. The normalized spacial score (nSPS) is 12.3. The monoisotopic (exact) mass is 294 g/mol. The molecule has 0 amide bonds. The molecule has 10 heteroatoms. The molecule has 0 rings (SSSR count). The molecule has 1 unspecified atom stereocenters. The fraction of sp³-hybridized carbons (Fsp3) is 0.600. The summed E-state index contributed by atoms with van der Waals surface area (Å²) in [5.74, 6) is -6.72. The summed E-state index contributed by atoms with van der Waals surface area (Å²) in [4.78, 5) is 42.1. The lowest BCUT2D eigenvalue weighted by Crippen LogP contribution is -2.36. The smallest absolute Gasteiger partial charge is 0.344 e. The molecule has 114 valence electrons. The van der Waals surface area contributed by atoms with E-state index >= 15 is 0 Å². The Hall–Kier alpha value is -2.20. The highest BCUT2D eigenvalue weighted by Crippen LogP contribution is 2.05. The summed E-state index contributed by atoms with van der Waals surface area (Å²) in [7, 11) is 0. The minimum atomic E-state index is -2.06. The molecular weight excluding hydrogens is 280 g/mol. The molecule has 0 saturated heterocycles. The van der Waals surface area contributed by atoms with E-state index in [0.717, 1.165) is 0 Å². The highest BCUT2D eigenvalue weighted by atomic mass is 16.6. The maximum Gasteiger partial charge on any atom is 0.344 e. The van der Waals surface area contributed by atoms with Crippen molar-refractivity contribution in [2.45, 2.75) is 31.7 Å². The zero-order valence-electron chi connectivity index (χ0n) is 10.4. The van der Waals surface area contributed by atoms with Crippen molar-refractivity contribution >= 4 is 23.9 Å². The molecule has 0 heterocycles. The summed E-state index contributed by atoms with van der Waals surface area (Å²) < 4.78 is 9.27. The van der Waals surface area contributed by atoms with Crippen LogP contribution in [-0.2, 0) is 28.7 Å². The lowest BCUT2D eigenvalue weighted by atomic mass is 10.2. The molecule has 0 aromatic rings. The van der Waals surface area contributed by atoms with Gasteiger partial charge in [0.15, 0.2) is 0 Å². The van der Waals surface area contributed by atoms with Crippen molar-refractivity contribution in [1.82, 2.24) is 0 Å². The van der Waals surface area contributed by atoms with Gasteiger partial charge in [0.1, 0.15) is 0 Å². The summed E-state index contributed by atoms with van der Waals surface area (Å²) in [6.07, 6.45) is -5.05. The second-order valence-corrected chi connectivity index (χ2v) is 3.72. The molecule has 0 aromatic heterocycles. The molecular formula is C10H14O10. The summed E-state index contributed by atoms with van der Waals surface area (Å²) >= 11 is 0. The van der Waals surface area contributed by atoms with Crippen LogP contribution in [0.2, 0.25) is 0 Å². The van der Waals surface area contributed by atoms with Crippen LogP contribution < -0.4 is 0 Å². The van der Waals surface area contributed by atoms with Gasteiger partial charge in [-0.25, -0.2) is 19.2 Å². The third-order valence-corrected chi connectivity index (χ3v) is 2.07. The molecule has 0 aliphatic carbocycles. The van der Waals surface area contributed by atoms with Gasteiger partial charge in [-0.15, -0.1) is 0 Å². The van der Waals surface area contributed by atoms with Crippen molar-refractivity contribution in [2.24, 2.45) is 0 Å². The predicted molar refractivity (Wildman–Crippen MR) is 59.2 cm³/mol. The highest BCUT2D eigenvalue weighted by molar-refractivity contribution is 5.96. The van der Waals surface area contributed by atoms with Crippen molar-refractivity contribution in [2.75, 3.05) is 6.61 Å². The van der Waals surface area contributed by atoms with Crippen LogP contribution in [0.15, 0.2) is 0 Å². The van der Waals surface area contributed by atoms with Crippen LogP contribution in [0.5, 0.6) is 0 Å². The minimum Gasteiger partial charge on any atom is -0.479 e. The second-order valence-electron chi connectivity index (χ2n) is 3.72. The number of carboxylic acid groups (broad SMARTS) is 4. The fourth-order valence-corrected chi connectivity index (χ4v) is 1.12. The van der Waals surface area contributed by atoms with Crippen molar-refractivity contribution in [3.05, 3.63) is 0 Å². The van der Waals surface area contributed by atoms with E-state index in [0.29, 0.717) is 0 Å². The summed E-state index contributed by atoms with van der Waals surface area (Å²) in [5, 5.41) is 34.1. The highest BCUT2D eigenvalue weighted by Gasteiger charge is 2.30. The summed E-state index contributed by atoms with van der Waals surface area (Å²) in [6.45, 7) is 0.995. The molecule has 0 radical (unpaired) electrons. The zero-order chi connectivity index (χ0) is 15.9. The lowest BCUT2D eigenvalue weighted by molar-refractivity contribution is -0.171. The Morgan fingerprint density at radius 1 is 0.850 bits per heavy atom. The number of ether oxygens (including phenoxy) is 2. The minimum absolute atomic E-state index is 0.0753. The zero-order valence-corrected chi connectivity index (χ0v) is 10.4. The number of carbonyl (C=O) groups is 4. The average Bonchev–Trinajstić information content (AvgIpc) is 2.29. The Bertz CT molecular complexity index is 361. The van der Waals surface area contributed by atoms with Gasteiger partial charge in [0.2, 0.25) is 0 Å². The van der Waals surface area contributed by atoms with E-state index in [-0.39, 0.29) is 13.0 Å². The van der Waals surface area contributed by atoms with E-state index < -0.39 is 42.2 Å². The summed E-state index contributed by atoms with van der Waals surface area (Å²) in [6, 6.07) is 0. The van der Waals surface area contributed by atoms with Crippen LogP contribution in [0.1, 0.15) is 13.3 Å². The van der Waals surface area contributed by atoms with E-state index in [4.69, 9.17) is 25.2 Å². The van der Waals surface area contributed by atoms with Gasteiger partial charge in [-0.1, -0.05) is 0 Å². The first kappa shape index (κ1) is 17.8. The number of rotatable bonds is 10. The Morgan fingerprint density at radius 2 is 1.25 bits per heavy atom. The quantitative estimate of drug-likeness (QED) is 0.362. The molecule has 0 fully saturated rings. The van der Waals surface area contributed by atoms with Crippen LogP contribution in [0, 0.1) is 0 Å². The molecule has 1 atom stereocenters. The van der Waals surface area contributed by atoms with Crippen LogP contribution >= 0.6 is 0 Å². The van der Waals surface area contributed by atoms with Crippen molar-refractivity contribution in [1.29, 1.82) is 0 Å². The van der Waals surface area contributed by atoms with Gasteiger partial charge in [0.25, 0.3) is 12.2 Å². The number of hydrogen-bond acceptors (Lipinski definition) is 6. The lowest BCUT2D eigenvalue weighted by Gasteiger charge is -2.17. The molecule has 4 N–H and O–H groups in total. The Morgan fingerprint density at radius 3 is 1.60 bits per heavy atom. The van der Waals surface area contributed by atoms with Gasteiger partial charge in [0.05, 0.1) is 12.7 Å². The largest absolute Gasteiger partial charge is 0.479 e. The second kappa shape index (κ2) is 8.07. The van der Waals surface area contributed by atoms with Gasteiger partial charge in [-0.05, 0) is 13.3 Å². The van der Waals surface area contributed by atoms with E-state index in [1.165, 1.54) is 6.92 Å². The van der Waals surface area contributed by atoms with Crippen LogP contribution in [-0.4, -0.2) is 69.2 Å². The molecule has 0 aromatic carbocycles. The van der Waals surface area contributed by atoms with Crippen molar-refractivity contribution < 1.29 is 49.1 Å². The fourth-order valence-electron chi connectivity index (χ4n) is 1.12. The van der Waals surface area contributed by atoms with Gasteiger partial charge in [-0.3, -0.25) is 0 Å². The SMILES string of the molecule is CC(CCOC(C(=O)O)C(=O)O)OC(C(=O)O)C(=O)O. The number of aliphatic carboxylic acids is 4. The van der Waals surface area contributed by atoms with E-state index in [2.05, 4.69) is 4.74 Å². The Kier molecular flexibility index (Phi) is 7.18. The van der Waals surface area contributed by atoms with E-state index in [1.54, 1.807) is 0 Å².